The van der Waals surface area contributed by atoms with E-state index in [0.717, 1.165) is 5.56 Å². The molecule has 0 heterocycles. The third-order valence-corrected chi connectivity index (χ3v) is 4.71. The predicted molar refractivity (Wildman–Crippen MR) is 93.5 cm³/mol. The van der Waals surface area contributed by atoms with Gasteiger partial charge >= 0.3 is 5.97 Å². The first-order valence-corrected chi connectivity index (χ1v) is 8.57. The molecule has 5 heteroatoms. The molecule has 0 saturated carbocycles. The summed E-state index contributed by atoms with van der Waals surface area (Å²) in [5.41, 5.74) is 1.12. The number of hydrogen-bond donors (Lipinski definition) is 1. The summed E-state index contributed by atoms with van der Waals surface area (Å²) in [7, 11) is 1.25. The highest BCUT2D eigenvalue weighted by atomic mass is 32.2. The van der Waals surface area contributed by atoms with Crippen LogP contribution in [0.15, 0.2) is 30.3 Å². The third-order valence-electron chi connectivity index (χ3n) is 3.22. The number of Topliss-reactive ketones (excluding diaryl/α,β-unsaturated/α-hetero) is 1. The Balaban J connectivity index is 2.74. The first-order valence-electron chi connectivity index (χ1n) is 7.69. The van der Waals surface area contributed by atoms with Crippen LogP contribution < -0.4 is 0 Å². The van der Waals surface area contributed by atoms with Gasteiger partial charge in [0, 0.05) is 16.4 Å². The normalized spacial score (nSPS) is 14.1. The van der Waals surface area contributed by atoms with Gasteiger partial charge in [0.05, 0.1) is 13.2 Å². The second-order valence-electron chi connectivity index (χ2n) is 6.52. The monoisotopic (exact) mass is 338 g/mol. The molecule has 128 valence electrons. The van der Waals surface area contributed by atoms with E-state index in [1.165, 1.54) is 7.11 Å². The lowest BCUT2D eigenvalue weighted by molar-refractivity contribution is -0.143. The number of esters is 1. The first-order chi connectivity index (χ1) is 10.7. The molecule has 0 aliphatic heterocycles. The van der Waals surface area contributed by atoms with Crippen LogP contribution in [0.5, 0.6) is 0 Å². The summed E-state index contributed by atoms with van der Waals surface area (Å²) in [6, 6.07) is 9.90. The lowest BCUT2D eigenvalue weighted by Gasteiger charge is -2.29. The summed E-state index contributed by atoms with van der Waals surface area (Å²) in [5.74, 6) is -0.859. The highest BCUT2D eigenvalue weighted by Crippen LogP contribution is 2.33. The van der Waals surface area contributed by atoms with Crippen LogP contribution in [0.1, 0.15) is 39.2 Å². The first kappa shape index (κ1) is 19.7. The zero-order valence-electron chi connectivity index (χ0n) is 14.2. The maximum atomic E-state index is 11.9. The van der Waals surface area contributed by atoms with E-state index in [4.69, 9.17) is 0 Å². The lowest BCUT2D eigenvalue weighted by Crippen LogP contribution is -2.32. The van der Waals surface area contributed by atoms with Gasteiger partial charge in [-0.15, -0.1) is 11.8 Å². The molecule has 1 aromatic rings. The zero-order chi connectivity index (χ0) is 17.5. The maximum Gasteiger partial charge on any atom is 0.313 e. The molecule has 23 heavy (non-hydrogen) atoms. The average Bonchev–Trinajstić information content (AvgIpc) is 2.45. The average molecular weight is 338 g/mol. The Kier molecular flexibility index (Phi) is 7.79. The second kappa shape index (κ2) is 9.08. The lowest BCUT2D eigenvalue weighted by atomic mass is 10.0. The van der Waals surface area contributed by atoms with Crippen molar-refractivity contribution in [1.82, 2.24) is 0 Å². The number of ether oxygens (including phenoxy) is 1. The van der Waals surface area contributed by atoms with Crippen LogP contribution in [0.4, 0.5) is 0 Å². The zero-order valence-corrected chi connectivity index (χ0v) is 15.1. The van der Waals surface area contributed by atoms with Crippen LogP contribution in [0, 0.1) is 0 Å². The minimum Gasteiger partial charge on any atom is -0.469 e. The van der Waals surface area contributed by atoms with Crippen LogP contribution in [0.25, 0.3) is 0 Å². The summed E-state index contributed by atoms with van der Waals surface area (Å²) in [5, 5.41) is 10.4. The molecule has 0 unspecified atom stereocenters. The molecular weight excluding hydrogens is 312 g/mol. The molecule has 0 aliphatic rings. The van der Waals surface area contributed by atoms with Crippen molar-refractivity contribution >= 4 is 23.5 Å². The van der Waals surface area contributed by atoms with Gasteiger partial charge < -0.3 is 9.84 Å². The Morgan fingerprint density at radius 1 is 1.22 bits per heavy atom. The summed E-state index contributed by atoms with van der Waals surface area (Å²) < 4.78 is 4.46. The molecule has 0 aliphatic carbocycles. The highest BCUT2D eigenvalue weighted by molar-refractivity contribution is 8.01. The number of thioether (sulfide) groups is 1. The Morgan fingerprint density at radius 2 is 1.83 bits per heavy atom. The highest BCUT2D eigenvalue weighted by Gasteiger charge is 2.28. The molecule has 2 atom stereocenters. The van der Waals surface area contributed by atoms with Crippen molar-refractivity contribution in [2.45, 2.75) is 56.1 Å². The number of methoxy groups -OCH3 is 1. The van der Waals surface area contributed by atoms with Crippen LogP contribution in [0.2, 0.25) is 0 Å². The fraction of sp³-hybridized carbons (Fsp3) is 0.556. The summed E-state index contributed by atoms with van der Waals surface area (Å²) in [4.78, 5) is 23.0. The molecule has 4 nitrogen and oxygen atoms in total. The van der Waals surface area contributed by atoms with Gasteiger partial charge in [-0.05, 0) is 12.0 Å². The van der Waals surface area contributed by atoms with Gasteiger partial charge in [0.2, 0.25) is 0 Å². The van der Waals surface area contributed by atoms with E-state index in [-0.39, 0.29) is 28.6 Å². The molecule has 0 amide bonds. The Morgan fingerprint density at radius 3 is 2.35 bits per heavy atom. The predicted octanol–water partition coefficient (Wildman–Crippen LogP) is 3.01. The topological polar surface area (TPSA) is 63.6 Å². The van der Waals surface area contributed by atoms with Crippen molar-refractivity contribution in [3.05, 3.63) is 35.9 Å². The fourth-order valence-electron chi connectivity index (χ4n) is 2.23. The van der Waals surface area contributed by atoms with Crippen molar-refractivity contribution in [3.63, 3.8) is 0 Å². The van der Waals surface area contributed by atoms with Gasteiger partial charge in [-0.25, -0.2) is 0 Å². The van der Waals surface area contributed by atoms with E-state index in [0.29, 0.717) is 6.42 Å². The SMILES string of the molecule is COC(=O)CC(=O)C[C@@H](O)[C@H](Cc1ccccc1)SC(C)(C)C. The van der Waals surface area contributed by atoms with Gasteiger partial charge in [0.25, 0.3) is 0 Å². The Hall–Kier alpha value is -1.33. The van der Waals surface area contributed by atoms with Gasteiger partial charge in [0.15, 0.2) is 0 Å². The standard InChI is InChI=1S/C18H26O4S/c1-18(2,3)23-16(10-13-8-6-5-7-9-13)15(20)11-14(19)12-17(21)22-4/h5-9,15-16,20H,10-12H2,1-4H3/t15-,16+/m1/s1. The minimum absolute atomic E-state index is 0.0321. The summed E-state index contributed by atoms with van der Waals surface area (Å²) in [6.07, 6.45) is -0.437. The molecule has 0 spiro atoms. The minimum atomic E-state index is -0.795. The van der Waals surface area contributed by atoms with E-state index in [1.54, 1.807) is 11.8 Å². The molecule has 0 fully saturated rings. The van der Waals surface area contributed by atoms with Crippen LogP contribution >= 0.6 is 11.8 Å². The van der Waals surface area contributed by atoms with E-state index < -0.39 is 12.1 Å². The molecule has 0 bridgehead atoms. The molecule has 1 aromatic carbocycles. The van der Waals surface area contributed by atoms with Gasteiger partial charge in [-0.2, -0.15) is 0 Å². The van der Waals surface area contributed by atoms with E-state index >= 15 is 0 Å². The van der Waals surface area contributed by atoms with Crippen molar-refractivity contribution in [3.8, 4) is 0 Å². The number of carbonyl (C=O) groups is 2. The fourth-order valence-corrected chi connectivity index (χ4v) is 3.66. The van der Waals surface area contributed by atoms with E-state index in [9.17, 15) is 14.7 Å². The van der Waals surface area contributed by atoms with Gasteiger partial charge in [-0.1, -0.05) is 51.1 Å². The number of ketones is 1. The number of carbonyl (C=O) groups excluding carboxylic acids is 2. The van der Waals surface area contributed by atoms with Crippen molar-refractivity contribution in [2.75, 3.05) is 7.11 Å². The van der Waals surface area contributed by atoms with Crippen LogP contribution in [0.3, 0.4) is 0 Å². The Bertz CT molecular complexity index is 508. The quantitative estimate of drug-likeness (QED) is 0.583. The van der Waals surface area contributed by atoms with Crippen LogP contribution in [-0.2, 0) is 20.7 Å². The van der Waals surface area contributed by atoms with Crippen molar-refractivity contribution in [1.29, 1.82) is 0 Å². The van der Waals surface area contributed by atoms with E-state index in [2.05, 4.69) is 25.5 Å². The van der Waals surface area contributed by atoms with E-state index in [1.807, 2.05) is 30.3 Å². The molecular formula is C18H26O4S. The largest absolute Gasteiger partial charge is 0.469 e. The smallest absolute Gasteiger partial charge is 0.313 e. The number of hydrogen-bond acceptors (Lipinski definition) is 5. The number of aliphatic hydroxyl groups is 1. The third kappa shape index (κ3) is 8.18. The summed E-state index contributed by atoms with van der Waals surface area (Å²) in [6.45, 7) is 6.25. The Labute approximate surface area is 142 Å². The molecule has 0 saturated heterocycles. The maximum absolute atomic E-state index is 11.9. The van der Waals surface area contributed by atoms with Crippen molar-refractivity contribution in [2.24, 2.45) is 0 Å². The second-order valence-corrected chi connectivity index (χ2v) is 8.59. The summed E-state index contributed by atoms with van der Waals surface area (Å²) >= 11 is 1.65. The molecule has 0 aromatic heterocycles. The van der Waals surface area contributed by atoms with Crippen LogP contribution in [-0.4, -0.2) is 40.1 Å². The van der Waals surface area contributed by atoms with Crippen molar-refractivity contribution < 1.29 is 19.4 Å². The van der Waals surface area contributed by atoms with Gasteiger partial charge in [-0.3, -0.25) is 9.59 Å². The number of benzene rings is 1. The molecule has 1 rings (SSSR count). The van der Waals surface area contributed by atoms with Gasteiger partial charge in [0.1, 0.15) is 12.2 Å². The number of aliphatic hydroxyl groups excluding tert-OH is 1. The molecule has 1 N–H and O–H groups in total. The number of rotatable bonds is 8. The molecule has 0 radical (unpaired) electrons.